The van der Waals surface area contributed by atoms with Crippen molar-refractivity contribution in [2.45, 2.75) is 6.18 Å². The minimum absolute atomic E-state index is 0.0132. The lowest BCUT2D eigenvalue weighted by Gasteiger charge is -2.12. The van der Waals surface area contributed by atoms with Crippen LogP contribution in [0.2, 0.25) is 0 Å². The third kappa shape index (κ3) is 4.02. The molecule has 0 spiro atoms. The van der Waals surface area contributed by atoms with Crippen LogP contribution in [0.4, 0.5) is 13.2 Å². The second-order valence-electron chi connectivity index (χ2n) is 4.19. The van der Waals surface area contributed by atoms with Crippen molar-refractivity contribution in [2.24, 2.45) is 0 Å². The monoisotopic (exact) mass is 294 g/mol. The summed E-state index contributed by atoms with van der Waals surface area (Å²) in [5.41, 5.74) is -0.840. The number of allylic oxidation sites excluding steroid dienone is 1. The number of hydrogen-bond acceptors (Lipinski definition) is 2. The van der Waals surface area contributed by atoms with Crippen molar-refractivity contribution in [1.29, 1.82) is 0 Å². The summed E-state index contributed by atoms with van der Waals surface area (Å²) >= 11 is 0. The Labute approximate surface area is 120 Å². The Hall–Kier alpha value is -2.43. The zero-order chi connectivity index (χ0) is 15.3. The molecule has 2 aromatic carbocycles. The molecule has 0 saturated carbocycles. The van der Waals surface area contributed by atoms with Crippen molar-refractivity contribution >= 4 is 5.57 Å². The zero-order valence-electron chi connectivity index (χ0n) is 11.2. The van der Waals surface area contributed by atoms with E-state index in [9.17, 15) is 13.2 Å². The van der Waals surface area contributed by atoms with Gasteiger partial charge >= 0.3 is 6.18 Å². The first kappa shape index (κ1) is 15.0. The molecular formula is C16H13F3O2. The molecule has 2 aromatic rings. The summed E-state index contributed by atoms with van der Waals surface area (Å²) in [7, 11) is 1.45. The molecule has 0 unspecified atom stereocenters. The third-order valence-electron chi connectivity index (χ3n) is 2.76. The molecule has 0 N–H and O–H groups in total. The lowest BCUT2D eigenvalue weighted by Crippen LogP contribution is -2.11. The molecule has 0 saturated heterocycles. The van der Waals surface area contributed by atoms with Gasteiger partial charge in [-0.1, -0.05) is 30.3 Å². The maximum Gasteiger partial charge on any atom is 0.419 e. The predicted octanol–water partition coefficient (Wildman–Crippen LogP) is 4.68. The molecule has 0 heterocycles. The Balaban J connectivity index is 2.30. The van der Waals surface area contributed by atoms with Crippen LogP contribution < -0.4 is 9.47 Å². The van der Waals surface area contributed by atoms with E-state index in [4.69, 9.17) is 9.47 Å². The van der Waals surface area contributed by atoms with Gasteiger partial charge in [0.25, 0.3) is 0 Å². The first-order valence-corrected chi connectivity index (χ1v) is 6.14. The second kappa shape index (κ2) is 6.35. The Kier molecular flexibility index (Phi) is 4.52. The minimum Gasteiger partial charge on any atom is -0.497 e. The van der Waals surface area contributed by atoms with Gasteiger partial charge in [0, 0.05) is 0 Å². The van der Waals surface area contributed by atoms with Crippen molar-refractivity contribution in [3.63, 3.8) is 0 Å². The smallest absolute Gasteiger partial charge is 0.419 e. The molecule has 0 aliphatic carbocycles. The molecule has 21 heavy (non-hydrogen) atoms. The molecule has 0 aliphatic rings. The van der Waals surface area contributed by atoms with Crippen molar-refractivity contribution in [3.8, 4) is 11.5 Å². The Morgan fingerprint density at radius 1 is 0.905 bits per heavy atom. The molecule has 0 fully saturated rings. The van der Waals surface area contributed by atoms with Gasteiger partial charge in [-0.15, -0.1) is 0 Å². The number of ether oxygens (including phenoxy) is 2. The van der Waals surface area contributed by atoms with Crippen LogP contribution in [0.1, 0.15) is 5.56 Å². The summed E-state index contributed by atoms with van der Waals surface area (Å²) in [6.07, 6.45) is -3.79. The number of alkyl halides is 3. The van der Waals surface area contributed by atoms with E-state index in [-0.39, 0.29) is 5.56 Å². The second-order valence-corrected chi connectivity index (χ2v) is 4.19. The van der Waals surface area contributed by atoms with Gasteiger partial charge in [-0.05, 0) is 29.8 Å². The SMILES string of the molecule is COc1ccc(/C(=C\Oc2ccccc2)C(F)(F)F)cc1. The Morgan fingerprint density at radius 2 is 1.52 bits per heavy atom. The summed E-state index contributed by atoms with van der Waals surface area (Å²) in [4.78, 5) is 0. The highest BCUT2D eigenvalue weighted by Crippen LogP contribution is 2.34. The van der Waals surface area contributed by atoms with Gasteiger partial charge in [0.1, 0.15) is 17.8 Å². The number of rotatable bonds is 4. The van der Waals surface area contributed by atoms with Crippen LogP contribution in [-0.2, 0) is 0 Å². The highest BCUT2D eigenvalue weighted by atomic mass is 19.4. The Morgan fingerprint density at radius 3 is 2.05 bits per heavy atom. The topological polar surface area (TPSA) is 18.5 Å². The number of benzene rings is 2. The summed E-state index contributed by atoms with van der Waals surface area (Å²) in [6, 6.07) is 13.9. The van der Waals surface area contributed by atoms with Crippen molar-refractivity contribution in [2.75, 3.05) is 7.11 Å². The largest absolute Gasteiger partial charge is 0.497 e. The first-order chi connectivity index (χ1) is 10.0. The lowest BCUT2D eigenvalue weighted by atomic mass is 10.1. The molecule has 0 aromatic heterocycles. The van der Waals surface area contributed by atoms with Crippen LogP contribution in [0.3, 0.4) is 0 Å². The third-order valence-corrected chi connectivity index (χ3v) is 2.76. The van der Waals surface area contributed by atoms with Crippen molar-refractivity contribution in [1.82, 2.24) is 0 Å². The fourth-order valence-electron chi connectivity index (χ4n) is 1.70. The van der Waals surface area contributed by atoms with Gasteiger partial charge in [0.15, 0.2) is 0 Å². The van der Waals surface area contributed by atoms with Gasteiger partial charge in [-0.25, -0.2) is 0 Å². The quantitative estimate of drug-likeness (QED) is 0.762. The van der Waals surface area contributed by atoms with E-state index in [0.717, 1.165) is 6.26 Å². The molecule has 2 rings (SSSR count). The average molecular weight is 294 g/mol. The molecule has 5 heteroatoms. The van der Waals surface area contributed by atoms with Crippen LogP contribution in [0.5, 0.6) is 11.5 Å². The maximum atomic E-state index is 13.1. The maximum absolute atomic E-state index is 13.1. The molecule has 0 radical (unpaired) electrons. The molecule has 2 nitrogen and oxygen atoms in total. The highest BCUT2D eigenvalue weighted by Gasteiger charge is 2.35. The van der Waals surface area contributed by atoms with E-state index < -0.39 is 11.7 Å². The Bertz CT molecular complexity index is 602. The molecule has 110 valence electrons. The van der Waals surface area contributed by atoms with Gasteiger partial charge in [0.05, 0.1) is 12.7 Å². The molecule has 0 amide bonds. The fourth-order valence-corrected chi connectivity index (χ4v) is 1.70. The van der Waals surface area contributed by atoms with Crippen LogP contribution in [0, 0.1) is 0 Å². The van der Waals surface area contributed by atoms with Crippen LogP contribution in [-0.4, -0.2) is 13.3 Å². The predicted molar refractivity (Wildman–Crippen MR) is 74.1 cm³/mol. The normalized spacial score (nSPS) is 12.1. The summed E-state index contributed by atoms with van der Waals surface area (Å²) in [5.74, 6) is 0.831. The first-order valence-electron chi connectivity index (χ1n) is 6.14. The van der Waals surface area contributed by atoms with Gasteiger partial charge in [-0.2, -0.15) is 13.2 Å². The molecule has 0 aliphatic heterocycles. The number of hydrogen-bond donors (Lipinski definition) is 0. The molecule has 0 atom stereocenters. The summed E-state index contributed by atoms with van der Waals surface area (Å²) in [6.45, 7) is 0. The van der Waals surface area contributed by atoms with Gasteiger partial charge < -0.3 is 9.47 Å². The van der Waals surface area contributed by atoms with E-state index in [1.807, 2.05) is 0 Å². The lowest BCUT2D eigenvalue weighted by molar-refractivity contribution is -0.0697. The van der Waals surface area contributed by atoms with E-state index in [2.05, 4.69) is 0 Å². The van der Waals surface area contributed by atoms with E-state index in [1.165, 1.54) is 31.4 Å². The summed E-state index contributed by atoms with van der Waals surface area (Å²) < 4.78 is 49.4. The van der Waals surface area contributed by atoms with E-state index in [1.54, 1.807) is 30.3 Å². The number of methoxy groups -OCH3 is 1. The highest BCUT2D eigenvalue weighted by molar-refractivity contribution is 5.69. The minimum atomic E-state index is -4.51. The van der Waals surface area contributed by atoms with Crippen LogP contribution in [0.15, 0.2) is 60.9 Å². The number of halogens is 3. The summed E-state index contributed by atoms with van der Waals surface area (Å²) in [5, 5.41) is 0. The van der Waals surface area contributed by atoms with E-state index >= 15 is 0 Å². The van der Waals surface area contributed by atoms with Crippen LogP contribution in [0.25, 0.3) is 5.57 Å². The van der Waals surface area contributed by atoms with Crippen molar-refractivity contribution in [3.05, 3.63) is 66.4 Å². The van der Waals surface area contributed by atoms with Gasteiger partial charge in [0.2, 0.25) is 0 Å². The van der Waals surface area contributed by atoms with Crippen LogP contribution >= 0.6 is 0 Å². The standard InChI is InChI=1S/C16H13F3O2/c1-20-13-9-7-12(8-10-13)15(16(17,18)19)11-21-14-5-3-2-4-6-14/h2-11H,1H3/b15-11+. The van der Waals surface area contributed by atoms with Crippen molar-refractivity contribution < 1.29 is 22.6 Å². The van der Waals surface area contributed by atoms with Gasteiger partial charge in [-0.3, -0.25) is 0 Å². The average Bonchev–Trinajstić information content (AvgIpc) is 2.48. The van der Waals surface area contributed by atoms with E-state index in [0.29, 0.717) is 11.5 Å². The molecule has 0 bridgehead atoms. The zero-order valence-corrected chi connectivity index (χ0v) is 11.2. The number of para-hydroxylation sites is 1. The fraction of sp³-hybridized carbons (Fsp3) is 0.125. The molecular weight excluding hydrogens is 281 g/mol.